The molecule has 0 fully saturated rings. The summed E-state index contributed by atoms with van der Waals surface area (Å²) in [7, 11) is 1.92. The first-order valence-electron chi connectivity index (χ1n) is 9.32. The number of fused-ring (bicyclic) bond motifs is 3. The molecule has 2 heteroatoms. The average molecular weight is 281 g/mol. The fraction of sp³-hybridized carbons (Fsp3) is 0.316. The maximum atomic E-state index is 8.55. The molecule has 2 aromatic carbocycles. The van der Waals surface area contributed by atoms with Gasteiger partial charge in [-0.2, -0.15) is 0 Å². The third-order valence-electron chi connectivity index (χ3n) is 4.19. The summed E-state index contributed by atoms with van der Waals surface area (Å²) in [5.41, 5.74) is 2.64. The molecule has 3 aromatic rings. The Kier molecular flexibility index (Phi) is 2.03. The van der Waals surface area contributed by atoms with Crippen LogP contribution in [0.15, 0.2) is 42.7 Å². The summed E-state index contributed by atoms with van der Waals surface area (Å²) in [6.07, 6.45) is 2.27. The second kappa shape index (κ2) is 4.73. The number of aryl methyl sites for hydroxylation is 4. The fourth-order valence-corrected chi connectivity index (χ4v) is 3.13. The highest BCUT2D eigenvalue weighted by Gasteiger charge is 2.20. The lowest BCUT2D eigenvalue weighted by Crippen LogP contribution is -2.35. The van der Waals surface area contributed by atoms with Crippen molar-refractivity contribution in [2.24, 2.45) is 7.05 Å². The van der Waals surface area contributed by atoms with E-state index in [4.69, 9.17) is 5.48 Å². The lowest BCUT2D eigenvalue weighted by Gasteiger charge is -2.13. The lowest BCUT2D eigenvalue weighted by molar-refractivity contribution is -0.685. The smallest absolute Gasteiger partial charge is 0.233 e. The predicted octanol–water partition coefficient (Wildman–Crippen LogP) is 3.78. The van der Waals surface area contributed by atoms with Crippen LogP contribution < -0.4 is 4.57 Å². The zero-order valence-electron chi connectivity index (χ0n) is 16.4. The van der Waals surface area contributed by atoms with E-state index < -0.39 is 12.9 Å². The van der Waals surface area contributed by atoms with Crippen LogP contribution in [-0.2, 0) is 19.9 Å². The highest BCUT2D eigenvalue weighted by Crippen LogP contribution is 2.30. The molecule has 0 aliphatic carbocycles. The Morgan fingerprint density at radius 1 is 1.24 bits per heavy atom. The van der Waals surface area contributed by atoms with Crippen molar-refractivity contribution in [3.05, 3.63) is 53.9 Å². The molecule has 0 radical (unpaired) electrons. The number of benzene rings is 2. The molecule has 1 aromatic heterocycles. The maximum absolute atomic E-state index is 8.55. The van der Waals surface area contributed by atoms with E-state index in [9.17, 15) is 0 Å². The molecule has 0 amide bonds. The van der Waals surface area contributed by atoms with E-state index in [1.165, 1.54) is 0 Å². The van der Waals surface area contributed by atoms with E-state index in [1.54, 1.807) is 10.8 Å². The molecular weight excluding hydrogens is 256 g/mol. The monoisotopic (exact) mass is 281 g/mol. The molecule has 2 bridgehead atoms. The van der Waals surface area contributed by atoms with Gasteiger partial charge < -0.3 is 0 Å². The van der Waals surface area contributed by atoms with Crippen LogP contribution in [0.25, 0.3) is 22.2 Å². The standard InChI is InChI=1S/C19H21N2/c1-14-12-16-8-5-7-15-6-3-4-9-21-11-10-20(2)19(21)17(14)13-18(15)16/h5,7-8,10-13H,3-4,6,9H2,1-2H3/q+1/i6D2,9D2. The third kappa shape index (κ3) is 1.98. The average Bonchev–Trinajstić information content (AvgIpc) is 2.93. The Morgan fingerprint density at radius 2 is 2.14 bits per heavy atom. The van der Waals surface area contributed by atoms with Crippen LogP contribution in [0.3, 0.4) is 0 Å². The van der Waals surface area contributed by atoms with E-state index in [0.717, 1.165) is 27.7 Å². The summed E-state index contributed by atoms with van der Waals surface area (Å²) in [6, 6.07) is 9.81. The molecule has 1 aliphatic heterocycles. The fourth-order valence-electron chi connectivity index (χ4n) is 3.13. The minimum atomic E-state index is -1.66. The molecule has 0 spiro atoms. The van der Waals surface area contributed by atoms with Gasteiger partial charge in [-0.25, -0.2) is 9.13 Å². The van der Waals surface area contributed by atoms with Gasteiger partial charge in [0.2, 0.25) is 0 Å². The molecule has 1 aliphatic rings. The molecule has 2 nitrogen and oxygen atoms in total. The van der Waals surface area contributed by atoms with Crippen LogP contribution in [0.2, 0.25) is 0 Å². The summed E-state index contributed by atoms with van der Waals surface area (Å²) in [5, 5.41) is 1.93. The molecular formula is C19H21N2+. The van der Waals surface area contributed by atoms with E-state index in [1.807, 2.05) is 49.0 Å². The van der Waals surface area contributed by atoms with Crippen LogP contribution in [0.1, 0.15) is 29.5 Å². The number of aromatic nitrogens is 2. The van der Waals surface area contributed by atoms with Gasteiger partial charge in [0.05, 0.1) is 21.8 Å². The lowest BCUT2D eigenvalue weighted by atomic mass is 9.94. The van der Waals surface area contributed by atoms with E-state index in [-0.39, 0.29) is 12.8 Å². The largest absolute Gasteiger partial charge is 0.288 e. The second-order valence-corrected chi connectivity index (χ2v) is 5.63. The Balaban J connectivity index is 2.16. The minimum absolute atomic E-state index is 0.112. The van der Waals surface area contributed by atoms with Crippen LogP contribution in [0.4, 0.5) is 0 Å². The minimum Gasteiger partial charge on any atom is -0.233 e. The van der Waals surface area contributed by atoms with E-state index in [2.05, 4.69) is 6.07 Å². The van der Waals surface area contributed by atoms with Crippen molar-refractivity contribution in [3.63, 3.8) is 0 Å². The topological polar surface area (TPSA) is 8.81 Å². The number of rotatable bonds is 0. The van der Waals surface area contributed by atoms with Gasteiger partial charge >= 0.3 is 0 Å². The van der Waals surface area contributed by atoms with Crippen molar-refractivity contribution in [1.82, 2.24) is 4.57 Å². The number of nitrogens with zero attached hydrogens (tertiary/aromatic N) is 2. The van der Waals surface area contributed by atoms with Gasteiger partial charge in [0.15, 0.2) is 0 Å². The second-order valence-electron chi connectivity index (χ2n) is 5.63. The van der Waals surface area contributed by atoms with Gasteiger partial charge in [0.25, 0.3) is 5.82 Å². The molecule has 21 heavy (non-hydrogen) atoms. The normalized spacial score (nSPS) is 22.0. The predicted molar refractivity (Wildman–Crippen MR) is 86.2 cm³/mol. The van der Waals surface area contributed by atoms with Crippen molar-refractivity contribution < 1.29 is 10.1 Å². The summed E-state index contributed by atoms with van der Waals surface area (Å²) < 4.78 is 37.8. The summed E-state index contributed by atoms with van der Waals surface area (Å²) in [6.45, 7) is 0.367. The molecule has 106 valence electrons. The first-order valence-corrected chi connectivity index (χ1v) is 7.32. The van der Waals surface area contributed by atoms with Crippen molar-refractivity contribution in [1.29, 1.82) is 0 Å². The van der Waals surface area contributed by atoms with Crippen LogP contribution >= 0.6 is 0 Å². The van der Waals surface area contributed by atoms with E-state index in [0.29, 0.717) is 5.56 Å². The Hall–Kier alpha value is -2.09. The first-order chi connectivity index (χ1) is 11.7. The van der Waals surface area contributed by atoms with E-state index >= 15 is 0 Å². The van der Waals surface area contributed by atoms with Crippen molar-refractivity contribution in [3.8, 4) is 11.4 Å². The first kappa shape index (κ1) is 9.04. The van der Waals surface area contributed by atoms with Gasteiger partial charge in [0, 0.05) is 2.74 Å². The molecule has 0 unspecified atom stereocenters. The molecule has 0 N–H and O–H groups in total. The van der Waals surface area contributed by atoms with Crippen LogP contribution in [0, 0.1) is 6.92 Å². The SMILES string of the molecule is [2H]C1([2H])CCC([2H])([2H])[n+]2ccn(C)c2-c2cc3c1cccc3cc2C. The zero-order valence-corrected chi connectivity index (χ0v) is 12.4. The van der Waals surface area contributed by atoms with Crippen LogP contribution in [-0.4, -0.2) is 4.57 Å². The Labute approximate surface area is 131 Å². The highest BCUT2D eigenvalue weighted by molar-refractivity contribution is 5.90. The van der Waals surface area contributed by atoms with Crippen LogP contribution in [0.5, 0.6) is 0 Å². The van der Waals surface area contributed by atoms with Gasteiger partial charge in [-0.15, -0.1) is 0 Å². The molecule has 0 saturated carbocycles. The number of hydrogen-bond acceptors (Lipinski definition) is 0. The Morgan fingerprint density at radius 3 is 3.05 bits per heavy atom. The number of hydrogen-bond donors (Lipinski definition) is 0. The number of imidazole rings is 1. The van der Waals surface area contributed by atoms with Gasteiger partial charge in [-0.05, 0) is 54.1 Å². The van der Waals surface area contributed by atoms with Crippen molar-refractivity contribution in [2.75, 3.05) is 0 Å². The van der Waals surface area contributed by atoms with Crippen molar-refractivity contribution in [2.45, 2.75) is 32.6 Å². The maximum Gasteiger partial charge on any atom is 0.288 e. The summed E-state index contributed by atoms with van der Waals surface area (Å²) >= 11 is 0. The molecule has 0 atom stereocenters. The Bertz CT molecular complexity index is 988. The third-order valence-corrected chi connectivity index (χ3v) is 4.19. The summed E-state index contributed by atoms with van der Waals surface area (Å²) in [5.74, 6) is 0.807. The zero-order chi connectivity index (χ0) is 18.0. The van der Waals surface area contributed by atoms with Gasteiger partial charge in [0.1, 0.15) is 12.4 Å². The van der Waals surface area contributed by atoms with Crippen molar-refractivity contribution >= 4 is 10.8 Å². The molecule has 2 heterocycles. The van der Waals surface area contributed by atoms with Gasteiger partial charge in [-0.1, -0.05) is 24.3 Å². The molecule has 4 rings (SSSR count). The molecule has 0 saturated heterocycles. The van der Waals surface area contributed by atoms with Gasteiger partial charge in [-0.3, -0.25) is 0 Å². The quantitative estimate of drug-likeness (QED) is 0.555. The summed E-state index contributed by atoms with van der Waals surface area (Å²) in [4.78, 5) is 0. The highest BCUT2D eigenvalue weighted by atomic mass is 15.1.